The number of aryl methyl sites for hydroxylation is 1. The van der Waals surface area contributed by atoms with Gasteiger partial charge in [0.15, 0.2) is 0 Å². The summed E-state index contributed by atoms with van der Waals surface area (Å²) in [5.41, 5.74) is 3.05. The molecule has 0 radical (unpaired) electrons. The first-order valence-corrected chi connectivity index (χ1v) is 10.2. The Hall–Kier alpha value is -2.82. The molecule has 0 fully saturated rings. The minimum absolute atomic E-state index is 0.0600. The second-order valence-electron chi connectivity index (χ2n) is 7.25. The number of hydrogen-bond donors (Lipinski definition) is 1. The molecule has 5 nitrogen and oxygen atoms in total. The maximum atomic E-state index is 13.2. The standard InChI is InChI=1S/C24H32N2O3/c1-5-14-25-24(28)22(6-2)26(17-20-9-7-8-18(3)15-20)23(27)16-19-10-12-21(29-4)13-11-19/h7-13,15,22H,5-6,14,16-17H2,1-4H3,(H,25,28)/t22-/m0/s1. The minimum Gasteiger partial charge on any atom is -0.497 e. The molecule has 2 rings (SSSR count). The zero-order chi connectivity index (χ0) is 21.2. The second kappa shape index (κ2) is 11.2. The molecule has 156 valence electrons. The Balaban J connectivity index is 2.25. The molecule has 1 atom stereocenters. The van der Waals surface area contributed by atoms with Crippen molar-refractivity contribution in [2.24, 2.45) is 0 Å². The van der Waals surface area contributed by atoms with Gasteiger partial charge >= 0.3 is 0 Å². The van der Waals surface area contributed by atoms with Gasteiger partial charge < -0.3 is 15.0 Å². The van der Waals surface area contributed by atoms with E-state index in [-0.39, 0.29) is 18.2 Å². The fraction of sp³-hybridized carbons (Fsp3) is 0.417. The summed E-state index contributed by atoms with van der Waals surface area (Å²) in [6, 6.07) is 15.0. The van der Waals surface area contributed by atoms with E-state index in [0.717, 1.165) is 28.9 Å². The quantitative estimate of drug-likeness (QED) is 0.663. The van der Waals surface area contributed by atoms with Gasteiger partial charge in [-0.25, -0.2) is 0 Å². The topological polar surface area (TPSA) is 58.6 Å². The summed E-state index contributed by atoms with van der Waals surface area (Å²) in [6.45, 7) is 7.01. The lowest BCUT2D eigenvalue weighted by atomic mass is 10.1. The van der Waals surface area contributed by atoms with E-state index < -0.39 is 6.04 Å². The predicted octanol–water partition coefficient (Wildman–Crippen LogP) is 3.88. The number of methoxy groups -OCH3 is 1. The Morgan fingerprint density at radius 2 is 1.79 bits per heavy atom. The van der Waals surface area contributed by atoms with E-state index in [1.807, 2.05) is 63.2 Å². The van der Waals surface area contributed by atoms with Gasteiger partial charge in [0.1, 0.15) is 11.8 Å². The van der Waals surface area contributed by atoms with Gasteiger partial charge in [0.2, 0.25) is 11.8 Å². The normalized spacial score (nSPS) is 11.6. The first-order valence-electron chi connectivity index (χ1n) is 10.2. The Morgan fingerprint density at radius 1 is 1.07 bits per heavy atom. The molecule has 0 saturated carbocycles. The number of carbonyl (C=O) groups is 2. The maximum Gasteiger partial charge on any atom is 0.242 e. The van der Waals surface area contributed by atoms with E-state index in [9.17, 15) is 9.59 Å². The molecule has 2 aromatic rings. The zero-order valence-electron chi connectivity index (χ0n) is 17.9. The van der Waals surface area contributed by atoms with E-state index >= 15 is 0 Å². The second-order valence-corrected chi connectivity index (χ2v) is 7.25. The Morgan fingerprint density at radius 3 is 2.38 bits per heavy atom. The molecule has 1 N–H and O–H groups in total. The first-order chi connectivity index (χ1) is 14.0. The van der Waals surface area contributed by atoms with Crippen molar-refractivity contribution in [1.29, 1.82) is 0 Å². The van der Waals surface area contributed by atoms with Gasteiger partial charge in [-0.1, -0.05) is 55.8 Å². The molecule has 0 bridgehead atoms. The molecule has 0 aliphatic carbocycles. The summed E-state index contributed by atoms with van der Waals surface area (Å²) in [5, 5.41) is 2.95. The van der Waals surface area contributed by atoms with Crippen molar-refractivity contribution >= 4 is 11.8 Å². The van der Waals surface area contributed by atoms with Gasteiger partial charge in [-0.2, -0.15) is 0 Å². The van der Waals surface area contributed by atoms with Crippen molar-refractivity contribution in [3.63, 3.8) is 0 Å². The van der Waals surface area contributed by atoms with Crippen LogP contribution in [0, 0.1) is 6.92 Å². The third-order valence-electron chi connectivity index (χ3n) is 4.88. The van der Waals surface area contributed by atoms with Crippen LogP contribution in [0.4, 0.5) is 0 Å². The van der Waals surface area contributed by atoms with Gasteiger partial charge in [0, 0.05) is 13.1 Å². The summed E-state index contributed by atoms with van der Waals surface area (Å²) in [6.07, 6.45) is 1.67. The predicted molar refractivity (Wildman–Crippen MR) is 116 cm³/mol. The first kappa shape index (κ1) is 22.5. The van der Waals surface area contributed by atoms with Crippen molar-refractivity contribution < 1.29 is 14.3 Å². The number of carbonyl (C=O) groups excluding carboxylic acids is 2. The van der Waals surface area contributed by atoms with E-state index in [1.165, 1.54) is 0 Å². The van der Waals surface area contributed by atoms with Crippen molar-refractivity contribution in [2.45, 2.75) is 52.6 Å². The van der Waals surface area contributed by atoms with Crippen LogP contribution in [-0.4, -0.2) is 36.4 Å². The number of benzene rings is 2. The average Bonchev–Trinajstić information content (AvgIpc) is 2.72. The lowest BCUT2D eigenvalue weighted by Crippen LogP contribution is -2.49. The molecule has 2 amide bonds. The third kappa shape index (κ3) is 6.63. The lowest BCUT2D eigenvalue weighted by Gasteiger charge is -2.31. The number of nitrogens with one attached hydrogen (secondary N) is 1. The number of hydrogen-bond acceptors (Lipinski definition) is 3. The number of nitrogens with zero attached hydrogens (tertiary/aromatic N) is 1. The number of amides is 2. The molecule has 29 heavy (non-hydrogen) atoms. The van der Waals surface area contributed by atoms with Gasteiger partial charge in [-0.3, -0.25) is 9.59 Å². The molecular formula is C24H32N2O3. The van der Waals surface area contributed by atoms with Crippen LogP contribution in [0.3, 0.4) is 0 Å². The van der Waals surface area contributed by atoms with Crippen LogP contribution in [0.15, 0.2) is 48.5 Å². The van der Waals surface area contributed by atoms with Crippen LogP contribution in [-0.2, 0) is 22.6 Å². The van der Waals surface area contributed by atoms with Gasteiger partial charge in [-0.15, -0.1) is 0 Å². The van der Waals surface area contributed by atoms with Gasteiger partial charge in [0.05, 0.1) is 13.5 Å². The van der Waals surface area contributed by atoms with Gasteiger partial charge in [0.25, 0.3) is 0 Å². The maximum absolute atomic E-state index is 13.2. The zero-order valence-corrected chi connectivity index (χ0v) is 17.9. The summed E-state index contributed by atoms with van der Waals surface area (Å²) in [4.78, 5) is 27.7. The summed E-state index contributed by atoms with van der Waals surface area (Å²) in [7, 11) is 1.62. The molecule has 0 saturated heterocycles. The molecule has 0 spiro atoms. The van der Waals surface area contributed by atoms with Crippen LogP contribution in [0.2, 0.25) is 0 Å². The third-order valence-corrected chi connectivity index (χ3v) is 4.88. The van der Waals surface area contributed by atoms with Gasteiger partial charge in [-0.05, 0) is 43.0 Å². The van der Waals surface area contributed by atoms with Crippen LogP contribution < -0.4 is 10.1 Å². The fourth-order valence-corrected chi connectivity index (χ4v) is 3.31. The van der Waals surface area contributed by atoms with Crippen molar-refractivity contribution in [3.05, 3.63) is 65.2 Å². The highest BCUT2D eigenvalue weighted by Gasteiger charge is 2.28. The van der Waals surface area contributed by atoms with Crippen molar-refractivity contribution in [2.75, 3.05) is 13.7 Å². The largest absolute Gasteiger partial charge is 0.497 e. The molecule has 0 aliphatic heterocycles. The molecule has 2 aromatic carbocycles. The molecule has 0 aliphatic rings. The Labute approximate surface area is 174 Å². The van der Waals surface area contributed by atoms with E-state index in [4.69, 9.17) is 4.74 Å². The minimum atomic E-state index is -0.493. The van der Waals surface area contributed by atoms with E-state index in [0.29, 0.717) is 19.5 Å². The van der Waals surface area contributed by atoms with Crippen LogP contribution in [0.5, 0.6) is 5.75 Å². The summed E-state index contributed by atoms with van der Waals surface area (Å²) in [5.74, 6) is 0.600. The number of rotatable bonds is 10. The highest BCUT2D eigenvalue weighted by atomic mass is 16.5. The molecular weight excluding hydrogens is 364 g/mol. The number of ether oxygens (including phenoxy) is 1. The Kier molecular flexibility index (Phi) is 8.71. The molecule has 0 unspecified atom stereocenters. The van der Waals surface area contributed by atoms with Crippen LogP contribution >= 0.6 is 0 Å². The van der Waals surface area contributed by atoms with Crippen LogP contribution in [0.1, 0.15) is 43.4 Å². The fourth-order valence-electron chi connectivity index (χ4n) is 3.31. The van der Waals surface area contributed by atoms with Crippen LogP contribution in [0.25, 0.3) is 0 Å². The highest BCUT2D eigenvalue weighted by molar-refractivity contribution is 5.88. The monoisotopic (exact) mass is 396 g/mol. The van der Waals surface area contributed by atoms with Crippen molar-refractivity contribution in [1.82, 2.24) is 10.2 Å². The van der Waals surface area contributed by atoms with Crippen molar-refractivity contribution in [3.8, 4) is 5.75 Å². The average molecular weight is 397 g/mol. The SMILES string of the molecule is CCCNC(=O)[C@H](CC)N(Cc1cccc(C)c1)C(=O)Cc1ccc(OC)cc1. The summed E-state index contributed by atoms with van der Waals surface area (Å²) < 4.78 is 5.19. The van der Waals surface area contributed by atoms with E-state index in [2.05, 4.69) is 11.4 Å². The molecule has 0 heterocycles. The summed E-state index contributed by atoms with van der Waals surface area (Å²) >= 11 is 0. The highest BCUT2D eigenvalue weighted by Crippen LogP contribution is 2.17. The van der Waals surface area contributed by atoms with E-state index in [1.54, 1.807) is 12.0 Å². The molecule has 0 aromatic heterocycles. The smallest absolute Gasteiger partial charge is 0.242 e. The Bertz CT molecular complexity index is 802. The molecule has 5 heteroatoms. The lowest BCUT2D eigenvalue weighted by molar-refractivity contribution is -0.140.